The third kappa shape index (κ3) is 4.62. The molecule has 1 unspecified atom stereocenters. The topological polar surface area (TPSA) is 81.5 Å². The van der Waals surface area contributed by atoms with Crippen molar-refractivity contribution >= 4 is 40.9 Å². The van der Waals surface area contributed by atoms with Gasteiger partial charge >= 0.3 is 5.97 Å². The molecule has 1 aromatic heterocycles. The Morgan fingerprint density at radius 1 is 1.28 bits per heavy atom. The third-order valence-electron chi connectivity index (χ3n) is 4.63. The molecule has 1 amide bonds. The molecule has 29 heavy (non-hydrogen) atoms. The Morgan fingerprint density at radius 2 is 2.00 bits per heavy atom. The molecule has 0 radical (unpaired) electrons. The number of hydrogen-bond acceptors (Lipinski definition) is 5. The summed E-state index contributed by atoms with van der Waals surface area (Å²) in [6, 6.07) is 3.28. The van der Waals surface area contributed by atoms with E-state index in [9.17, 15) is 14.4 Å². The van der Waals surface area contributed by atoms with Gasteiger partial charge in [-0.1, -0.05) is 29.3 Å². The Labute approximate surface area is 178 Å². The van der Waals surface area contributed by atoms with Crippen LogP contribution in [0.5, 0.6) is 0 Å². The summed E-state index contributed by atoms with van der Waals surface area (Å²) < 4.78 is 6.76. The van der Waals surface area contributed by atoms with E-state index in [-0.39, 0.29) is 23.2 Å². The molecule has 1 heterocycles. The van der Waals surface area contributed by atoms with Crippen molar-refractivity contribution in [3.8, 4) is 0 Å². The van der Waals surface area contributed by atoms with Crippen LogP contribution in [0.15, 0.2) is 30.6 Å². The summed E-state index contributed by atoms with van der Waals surface area (Å²) in [6.45, 7) is 4.25. The van der Waals surface area contributed by atoms with E-state index >= 15 is 0 Å². The summed E-state index contributed by atoms with van der Waals surface area (Å²) in [5, 5.41) is 4.67. The SMILES string of the molecule is CCOC(=O)C(c1ccc(Cl)cc1Cl)N(C(=O)C(=O)c1cnn(CC)c1)C1CC1. The smallest absolute Gasteiger partial charge is 0.333 e. The van der Waals surface area contributed by atoms with Gasteiger partial charge in [-0.3, -0.25) is 14.3 Å². The van der Waals surface area contributed by atoms with Crippen molar-refractivity contribution in [1.29, 1.82) is 0 Å². The number of amides is 1. The van der Waals surface area contributed by atoms with E-state index in [2.05, 4.69) is 5.10 Å². The summed E-state index contributed by atoms with van der Waals surface area (Å²) in [5.74, 6) is -2.16. The number of nitrogens with zero attached hydrogens (tertiary/aromatic N) is 3. The van der Waals surface area contributed by atoms with E-state index in [4.69, 9.17) is 27.9 Å². The maximum absolute atomic E-state index is 13.2. The van der Waals surface area contributed by atoms with Gasteiger partial charge in [-0.15, -0.1) is 0 Å². The Hall–Kier alpha value is -2.38. The van der Waals surface area contributed by atoms with E-state index < -0.39 is 23.7 Å². The highest BCUT2D eigenvalue weighted by molar-refractivity contribution is 6.43. The molecule has 1 aromatic carbocycles. The number of rotatable bonds is 8. The van der Waals surface area contributed by atoms with Crippen molar-refractivity contribution in [3.63, 3.8) is 0 Å². The second-order valence-corrected chi connectivity index (χ2v) is 7.52. The van der Waals surface area contributed by atoms with Crippen molar-refractivity contribution in [2.45, 2.75) is 45.3 Å². The van der Waals surface area contributed by atoms with Crippen LogP contribution in [0, 0.1) is 0 Å². The van der Waals surface area contributed by atoms with Crippen LogP contribution < -0.4 is 0 Å². The quantitative estimate of drug-likeness (QED) is 0.357. The lowest BCUT2D eigenvalue weighted by Crippen LogP contribution is -2.44. The molecule has 154 valence electrons. The first-order chi connectivity index (χ1) is 13.9. The Bertz CT molecular complexity index is 940. The molecule has 1 saturated carbocycles. The molecule has 9 heteroatoms. The Kier molecular flexibility index (Phi) is 6.59. The van der Waals surface area contributed by atoms with Gasteiger partial charge in [0.15, 0.2) is 6.04 Å². The number of carbonyl (C=O) groups excluding carboxylic acids is 3. The van der Waals surface area contributed by atoms with Gasteiger partial charge in [0.2, 0.25) is 0 Å². The lowest BCUT2D eigenvalue weighted by atomic mass is 10.0. The first kappa shape index (κ1) is 21.3. The van der Waals surface area contributed by atoms with E-state index in [0.717, 1.165) is 0 Å². The van der Waals surface area contributed by atoms with Crippen LogP contribution in [0.2, 0.25) is 10.0 Å². The molecule has 0 N–H and O–H groups in total. The lowest BCUT2D eigenvalue weighted by molar-refractivity contribution is -0.154. The second kappa shape index (κ2) is 8.97. The van der Waals surface area contributed by atoms with Crippen molar-refractivity contribution in [1.82, 2.24) is 14.7 Å². The summed E-state index contributed by atoms with van der Waals surface area (Å²) in [5.41, 5.74) is 0.541. The molecular formula is C20H21Cl2N3O4. The Balaban J connectivity index is 2.01. The number of esters is 1. The van der Waals surface area contributed by atoms with Gasteiger partial charge in [0.25, 0.3) is 11.7 Å². The van der Waals surface area contributed by atoms with Gasteiger partial charge in [-0.2, -0.15) is 5.10 Å². The zero-order valence-corrected chi connectivity index (χ0v) is 17.6. The van der Waals surface area contributed by atoms with Gasteiger partial charge in [-0.05, 0) is 38.8 Å². The van der Waals surface area contributed by atoms with Crippen LogP contribution in [0.4, 0.5) is 0 Å². The molecule has 0 aliphatic heterocycles. The molecule has 1 aliphatic rings. The number of benzene rings is 1. The van der Waals surface area contributed by atoms with Crippen LogP contribution in [0.25, 0.3) is 0 Å². The maximum Gasteiger partial charge on any atom is 0.333 e. The first-order valence-corrected chi connectivity index (χ1v) is 10.1. The monoisotopic (exact) mass is 437 g/mol. The molecule has 1 fully saturated rings. The lowest BCUT2D eigenvalue weighted by Gasteiger charge is -2.30. The molecule has 0 bridgehead atoms. The molecule has 2 aromatic rings. The van der Waals surface area contributed by atoms with Gasteiger partial charge in [0.1, 0.15) is 0 Å². The number of hydrogen-bond donors (Lipinski definition) is 0. The van der Waals surface area contributed by atoms with Crippen LogP contribution in [0.1, 0.15) is 48.7 Å². The zero-order chi connectivity index (χ0) is 21.1. The average Bonchev–Trinajstić information content (AvgIpc) is 3.41. The molecular weight excluding hydrogens is 417 g/mol. The molecule has 7 nitrogen and oxygen atoms in total. The molecule has 0 saturated heterocycles. The summed E-state index contributed by atoms with van der Waals surface area (Å²) >= 11 is 12.3. The minimum atomic E-state index is -1.13. The molecule has 1 aliphatic carbocycles. The van der Waals surface area contributed by atoms with Crippen molar-refractivity contribution in [3.05, 3.63) is 51.8 Å². The average molecular weight is 438 g/mol. The largest absolute Gasteiger partial charge is 0.464 e. The van der Waals surface area contributed by atoms with E-state index in [1.165, 1.54) is 23.4 Å². The van der Waals surface area contributed by atoms with E-state index in [1.807, 2.05) is 6.92 Å². The Morgan fingerprint density at radius 3 is 2.55 bits per heavy atom. The normalized spacial score (nSPS) is 14.3. The highest BCUT2D eigenvalue weighted by Crippen LogP contribution is 2.38. The fourth-order valence-electron chi connectivity index (χ4n) is 3.08. The zero-order valence-electron chi connectivity index (χ0n) is 16.1. The van der Waals surface area contributed by atoms with Crippen LogP contribution in [-0.2, 0) is 20.9 Å². The predicted octanol–water partition coefficient (Wildman–Crippen LogP) is 3.69. The number of ketones is 1. The number of Topliss-reactive ketones (excluding diaryl/α,β-unsaturated/α-hetero) is 1. The van der Waals surface area contributed by atoms with Gasteiger partial charge in [-0.25, -0.2) is 4.79 Å². The van der Waals surface area contributed by atoms with Crippen LogP contribution in [-0.4, -0.2) is 45.0 Å². The summed E-state index contributed by atoms with van der Waals surface area (Å²) in [6.07, 6.45) is 4.24. The molecule has 1 atom stereocenters. The van der Waals surface area contributed by atoms with Crippen molar-refractivity contribution < 1.29 is 19.1 Å². The predicted molar refractivity (Wildman–Crippen MR) is 108 cm³/mol. The molecule has 3 rings (SSSR count). The maximum atomic E-state index is 13.2. The van der Waals surface area contributed by atoms with E-state index in [1.54, 1.807) is 23.7 Å². The van der Waals surface area contributed by atoms with Gasteiger partial charge < -0.3 is 9.64 Å². The standard InChI is InChI=1S/C20H21Cl2N3O4/c1-3-24-11-12(10-23-24)18(26)19(27)25(14-6-7-14)17(20(28)29-4-2)15-8-5-13(21)9-16(15)22/h5,8-11,14,17H,3-4,6-7H2,1-2H3. The fraction of sp³-hybridized carbons (Fsp3) is 0.400. The first-order valence-electron chi connectivity index (χ1n) is 9.38. The van der Waals surface area contributed by atoms with E-state index in [0.29, 0.717) is 30.0 Å². The number of carbonyl (C=O) groups is 3. The highest BCUT2D eigenvalue weighted by atomic mass is 35.5. The number of aryl methyl sites for hydroxylation is 1. The van der Waals surface area contributed by atoms with Gasteiger partial charge in [0.05, 0.1) is 18.4 Å². The van der Waals surface area contributed by atoms with Gasteiger partial charge in [0, 0.05) is 34.4 Å². The summed E-state index contributed by atoms with van der Waals surface area (Å²) in [7, 11) is 0. The second-order valence-electron chi connectivity index (χ2n) is 6.68. The third-order valence-corrected chi connectivity index (χ3v) is 5.20. The minimum absolute atomic E-state index is 0.129. The minimum Gasteiger partial charge on any atom is -0.464 e. The molecule has 0 spiro atoms. The van der Waals surface area contributed by atoms with Crippen molar-refractivity contribution in [2.24, 2.45) is 0 Å². The number of halogens is 2. The summed E-state index contributed by atoms with van der Waals surface area (Å²) in [4.78, 5) is 40.2. The fourth-order valence-corrected chi connectivity index (χ4v) is 3.59. The van der Waals surface area contributed by atoms with Crippen molar-refractivity contribution in [2.75, 3.05) is 6.61 Å². The number of aromatic nitrogens is 2. The van der Waals surface area contributed by atoms with Crippen LogP contribution in [0.3, 0.4) is 0 Å². The number of ether oxygens (including phenoxy) is 1. The van der Waals surface area contributed by atoms with Crippen LogP contribution >= 0.6 is 23.2 Å². The highest BCUT2D eigenvalue weighted by Gasteiger charge is 2.45.